The van der Waals surface area contributed by atoms with Crippen LogP contribution < -0.4 is 0 Å². The summed E-state index contributed by atoms with van der Waals surface area (Å²) in [6, 6.07) is 0. The first-order chi connectivity index (χ1) is 4.84. The Morgan fingerprint density at radius 1 is 1.50 bits per heavy atom. The van der Waals surface area contributed by atoms with E-state index in [0.29, 0.717) is 18.3 Å². The van der Waals surface area contributed by atoms with E-state index in [1.165, 1.54) is 19.3 Å². The van der Waals surface area contributed by atoms with Gasteiger partial charge in [0.05, 0.1) is 23.9 Å². The van der Waals surface area contributed by atoms with Gasteiger partial charge < -0.3 is 9.47 Å². The molecule has 4 unspecified atom stereocenters. The van der Waals surface area contributed by atoms with Gasteiger partial charge in [0.1, 0.15) is 0 Å². The van der Waals surface area contributed by atoms with E-state index in [-0.39, 0.29) is 5.60 Å². The minimum atomic E-state index is 0.275. The van der Waals surface area contributed by atoms with Crippen molar-refractivity contribution in [2.75, 3.05) is 0 Å². The molecule has 2 aliphatic heterocycles. The molecule has 3 aliphatic rings. The summed E-state index contributed by atoms with van der Waals surface area (Å²) in [4.78, 5) is 0. The topological polar surface area (TPSA) is 25.1 Å². The first kappa shape index (κ1) is 5.56. The molecule has 3 rings (SSSR count). The quantitative estimate of drug-likeness (QED) is 0.509. The summed E-state index contributed by atoms with van der Waals surface area (Å²) < 4.78 is 11.1. The molecule has 56 valence electrons. The second kappa shape index (κ2) is 1.41. The Hall–Kier alpha value is -0.0800. The smallest absolute Gasteiger partial charge is 0.0972 e. The molecular formula is C8H12O2. The third-order valence-electron chi connectivity index (χ3n) is 3.19. The highest BCUT2D eigenvalue weighted by molar-refractivity contribution is 5.13. The zero-order chi connectivity index (χ0) is 6.77. The highest BCUT2D eigenvalue weighted by Gasteiger charge is 2.65. The standard InChI is InChI=1S/C8H12O2/c1-2-8-4-6-5(9-6)3-7(8)10-8/h5-7H,2-4H2,1H3. The van der Waals surface area contributed by atoms with Crippen LogP contribution in [0.3, 0.4) is 0 Å². The van der Waals surface area contributed by atoms with Crippen molar-refractivity contribution in [3.8, 4) is 0 Å². The minimum Gasteiger partial charge on any atom is -0.369 e. The van der Waals surface area contributed by atoms with Crippen LogP contribution in [0.1, 0.15) is 26.2 Å². The lowest BCUT2D eigenvalue weighted by Gasteiger charge is -2.10. The van der Waals surface area contributed by atoms with Crippen LogP contribution in [-0.4, -0.2) is 23.9 Å². The first-order valence-corrected chi connectivity index (χ1v) is 4.17. The fourth-order valence-corrected chi connectivity index (χ4v) is 2.26. The van der Waals surface area contributed by atoms with Gasteiger partial charge in [-0.15, -0.1) is 0 Å². The number of ether oxygens (including phenoxy) is 2. The summed E-state index contributed by atoms with van der Waals surface area (Å²) >= 11 is 0. The summed E-state index contributed by atoms with van der Waals surface area (Å²) in [5.41, 5.74) is 0.275. The van der Waals surface area contributed by atoms with Gasteiger partial charge in [-0.05, 0) is 6.42 Å². The molecule has 0 spiro atoms. The molecule has 1 saturated carbocycles. The molecule has 3 fully saturated rings. The largest absolute Gasteiger partial charge is 0.369 e. The zero-order valence-electron chi connectivity index (χ0n) is 6.17. The SMILES string of the molecule is CCC12CC3OC3CC1O2. The van der Waals surface area contributed by atoms with Crippen molar-refractivity contribution in [3.63, 3.8) is 0 Å². The van der Waals surface area contributed by atoms with Gasteiger partial charge in [0.2, 0.25) is 0 Å². The number of hydrogen-bond donors (Lipinski definition) is 0. The third kappa shape index (κ3) is 0.523. The molecule has 10 heavy (non-hydrogen) atoms. The molecule has 0 amide bonds. The molecule has 0 aromatic carbocycles. The molecule has 2 heterocycles. The second-order valence-electron chi connectivity index (χ2n) is 3.68. The Morgan fingerprint density at radius 2 is 2.40 bits per heavy atom. The third-order valence-corrected chi connectivity index (χ3v) is 3.19. The van der Waals surface area contributed by atoms with E-state index in [1.54, 1.807) is 0 Å². The maximum atomic E-state index is 5.64. The number of epoxide rings is 2. The van der Waals surface area contributed by atoms with Gasteiger partial charge >= 0.3 is 0 Å². The Kier molecular flexibility index (Phi) is 0.783. The van der Waals surface area contributed by atoms with E-state index in [0.717, 1.165) is 0 Å². The minimum absolute atomic E-state index is 0.275. The van der Waals surface area contributed by atoms with Crippen molar-refractivity contribution in [2.24, 2.45) is 0 Å². The first-order valence-electron chi connectivity index (χ1n) is 4.17. The highest BCUT2D eigenvalue weighted by Crippen LogP contribution is 2.55. The van der Waals surface area contributed by atoms with Crippen LogP contribution in [0.2, 0.25) is 0 Å². The average molecular weight is 140 g/mol. The van der Waals surface area contributed by atoms with Crippen molar-refractivity contribution in [2.45, 2.75) is 50.1 Å². The summed E-state index contributed by atoms with van der Waals surface area (Å²) in [6.07, 6.45) is 5.20. The summed E-state index contributed by atoms with van der Waals surface area (Å²) in [7, 11) is 0. The summed E-state index contributed by atoms with van der Waals surface area (Å²) in [6.45, 7) is 2.21. The molecule has 0 aromatic rings. The average Bonchev–Trinajstić information content (AvgIpc) is 2.73. The van der Waals surface area contributed by atoms with Crippen LogP contribution in [-0.2, 0) is 9.47 Å². The van der Waals surface area contributed by atoms with E-state index in [9.17, 15) is 0 Å². The van der Waals surface area contributed by atoms with Crippen LogP contribution in [0.15, 0.2) is 0 Å². The normalized spacial score (nSPS) is 62.7. The van der Waals surface area contributed by atoms with Gasteiger partial charge in [-0.1, -0.05) is 6.92 Å². The molecule has 0 aromatic heterocycles. The van der Waals surface area contributed by atoms with Crippen LogP contribution >= 0.6 is 0 Å². The van der Waals surface area contributed by atoms with Crippen molar-refractivity contribution >= 4 is 0 Å². The molecular weight excluding hydrogens is 128 g/mol. The van der Waals surface area contributed by atoms with E-state index in [1.807, 2.05) is 0 Å². The maximum Gasteiger partial charge on any atom is 0.0972 e. The summed E-state index contributed by atoms with van der Waals surface area (Å²) in [5, 5.41) is 0. The van der Waals surface area contributed by atoms with Gasteiger partial charge in [0, 0.05) is 12.8 Å². The van der Waals surface area contributed by atoms with Crippen molar-refractivity contribution in [1.82, 2.24) is 0 Å². The molecule has 2 heteroatoms. The number of hydrogen-bond acceptors (Lipinski definition) is 2. The van der Waals surface area contributed by atoms with Gasteiger partial charge in [0.15, 0.2) is 0 Å². The Balaban J connectivity index is 1.81. The monoisotopic (exact) mass is 140 g/mol. The van der Waals surface area contributed by atoms with Crippen molar-refractivity contribution in [3.05, 3.63) is 0 Å². The zero-order valence-corrected chi connectivity index (χ0v) is 6.17. The molecule has 2 saturated heterocycles. The maximum absolute atomic E-state index is 5.64. The second-order valence-corrected chi connectivity index (χ2v) is 3.68. The molecule has 1 aliphatic carbocycles. The lowest BCUT2D eigenvalue weighted by molar-refractivity contribution is 0.240. The van der Waals surface area contributed by atoms with Gasteiger partial charge in [-0.2, -0.15) is 0 Å². The molecule has 0 bridgehead atoms. The van der Waals surface area contributed by atoms with Gasteiger partial charge in [-0.3, -0.25) is 0 Å². The van der Waals surface area contributed by atoms with Crippen molar-refractivity contribution < 1.29 is 9.47 Å². The lowest BCUT2D eigenvalue weighted by atomic mass is 9.87. The van der Waals surface area contributed by atoms with E-state index >= 15 is 0 Å². The Bertz CT molecular complexity index is 180. The van der Waals surface area contributed by atoms with Gasteiger partial charge in [0.25, 0.3) is 0 Å². The van der Waals surface area contributed by atoms with E-state index in [4.69, 9.17) is 9.47 Å². The number of rotatable bonds is 1. The van der Waals surface area contributed by atoms with Crippen LogP contribution in [0.5, 0.6) is 0 Å². The van der Waals surface area contributed by atoms with Crippen LogP contribution in [0.25, 0.3) is 0 Å². The van der Waals surface area contributed by atoms with Gasteiger partial charge in [-0.25, -0.2) is 0 Å². The molecule has 2 nitrogen and oxygen atoms in total. The highest BCUT2D eigenvalue weighted by atomic mass is 16.6. The predicted molar refractivity (Wildman–Crippen MR) is 35.8 cm³/mol. The molecule has 0 radical (unpaired) electrons. The van der Waals surface area contributed by atoms with Crippen molar-refractivity contribution in [1.29, 1.82) is 0 Å². The fourth-order valence-electron chi connectivity index (χ4n) is 2.26. The van der Waals surface area contributed by atoms with Crippen LogP contribution in [0.4, 0.5) is 0 Å². The molecule has 4 atom stereocenters. The van der Waals surface area contributed by atoms with E-state index in [2.05, 4.69) is 6.92 Å². The molecule has 0 N–H and O–H groups in total. The summed E-state index contributed by atoms with van der Waals surface area (Å²) in [5.74, 6) is 0. The number of fused-ring (bicyclic) bond motifs is 2. The lowest BCUT2D eigenvalue weighted by Crippen LogP contribution is -2.23. The fraction of sp³-hybridized carbons (Fsp3) is 1.00. The van der Waals surface area contributed by atoms with E-state index < -0.39 is 0 Å². The van der Waals surface area contributed by atoms with Crippen LogP contribution in [0, 0.1) is 0 Å². The Labute approximate surface area is 60.5 Å². The Morgan fingerprint density at radius 3 is 3.20 bits per heavy atom. The predicted octanol–water partition coefficient (Wildman–Crippen LogP) is 1.10.